The van der Waals surface area contributed by atoms with Crippen molar-refractivity contribution in [3.05, 3.63) is 76.0 Å². The van der Waals surface area contributed by atoms with E-state index in [1.807, 2.05) is 0 Å². The minimum atomic E-state index is -0.603. The summed E-state index contributed by atoms with van der Waals surface area (Å²) in [6.07, 6.45) is 1.12. The SMILES string of the molecule is COc1cc(C2C(C(=O)OC(C)C)=C(C)Nc3ncnn32)ccc1OCc1c(F)cccc1Cl. The van der Waals surface area contributed by atoms with Crippen molar-refractivity contribution in [1.29, 1.82) is 0 Å². The van der Waals surface area contributed by atoms with Crippen LogP contribution in [0.3, 0.4) is 0 Å². The molecule has 2 aromatic carbocycles. The number of carbonyl (C=O) groups excluding carboxylic acids is 1. The first-order chi connectivity index (χ1) is 16.3. The second kappa shape index (κ2) is 9.72. The quantitative estimate of drug-likeness (QED) is 0.475. The largest absolute Gasteiger partial charge is 0.493 e. The van der Waals surface area contributed by atoms with Gasteiger partial charge in [0.2, 0.25) is 5.95 Å². The molecule has 0 saturated carbocycles. The number of hydrogen-bond acceptors (Lipinski definition) is 7. The van der Waals surface area contributed by atoms with Crippen LogP contribution in [0.2, 0.25) is 5.02 Å². The van der Waals surface area contributed by atoms with Crippen LogP contribution in [0.25, 0.3) is 0 Å². The monoisotopic (exact) mass is 486 g/mol. The van der Waals surface area contributed by atoms with Gasteiger partial charge in [0.1, 0.15) is 24.8 Å². The zero-order valence-corrected chi connectivity index (χ0v) is 19.9. The van der Waals surface area contributed by atoms with Gasteiger partial charge in [-0.05, 0) is 50.6 Å². The van der Waals surface area contributed by atoms with E-state index >= 15 is 0 Å². The first-order valence-electron chi connectivity index (χ1n) is 10.6. The number of aromatic nitrogens is 3. The summed E-state index contributed by atoms with van der Waals surface area (Å²) >= 11 is 6.11. The fraction of sp³-hybridized carbons (Fsp3) is 0.292. The van der Waals surface area contributed by atoms with Gasteiger partial charge in [-0.2, -0.15) is 10.1 Å². The average Bonchev–Trinajstić information content (AvgIpc) is 3.25. The zero-order valence-electron chi connectivity index (χ0n) is 19.1. The highest BCUT2D eigenvalue weighted by Crippen LogP contribution is 2.39. The van der Waals surface area contributed by atoms with E-state index in [-0.39, 0.29) is 23.3 Å². The second-order valence-electron chi connectivity index (χ2n) is 7.95. The van der Waals surface area contributed by atoms with Crippen molar-refractivity contribution >= 4 is 23.5 Å². The number of nitrogens with zero attached hydrogens (tertiary/aromatic N) is 3. The Kier molecular flexibility index (Phi) is 6.74. The molecule has 1 atom stereocenters. The number of halogens is 2. The Morgan fingerprint density at radius 1 is 1.26 bits per heavy atom. The zero-order chi connectivity index (χ0) is 24.4. The van der Waals surface area contributed by atoms with Crippen LogP contribution in [0.5, 0.6) is 11.5 Å². The highest BCUT2D eigenvalue weighted by atomic mass is 35.5. The number of nitrogens with one attached hydrogen (secondary N) is 1. The van der Waals surface area contributed by atoms with Crippen LogP contribution in [-0.4, -0.2) is 33.9 Å². The molecule has 2 heterocycles. The molecule has 34 heavy (non-hydrogen) atoms. The average molecular weight is 487 g/mol. The molecule has 178 valence electrons. The molecule has 1 aliphatic rings. The van der Waals surface area contributed by atoms with Crippen molar-refractivity contribution < 1.29 is 23.4 Å². The summed E-state index contributed by atoms with van der Waals surface area (Å²) in [6.45, 7) is 5.29. The Balaban J connectivity index is 1.69. The number of carbonyl (C=O) groups is 1. The third-order valence-electron chi connectivity index (χ3n) is 5.29. The van der Waals surface area contributed by atoms with Gasteiger partial charge in [0.05, 0.1) is 23.8 Å². The van der Waals surface area contributed by atoms with E-state index in [1.54, 1.807) is 49.7 Å². The lowest BCUT2D eigenvalue weighted by Gasteiger charge is -2.29. The van der Waals surface area contributed by atoms with Gasteiger partial charge in [-0.3, -0.25) is 0 Å². The Morgan fingerprint density at radius 3 is 2.76 bits per heavy atom. The van der Waals surface area contributed by atoms with Gasteiger partial charge in [0.25, 0.3) is 0 Å². The number of fused-ring (bicyclic) bond motifs is 1. The van der Waals surface area contributed by atoms with Gasteiger partial charge in [-0.25, -0.2) is 13.9 Å². The maximum atomic E-state index is 14.1. The molecular weight excluding hydrogens is 463 g/mol. The number of allylic oxidation sites excluding steroid dienone is 1. The van der Waals surface area contributed by atoms with Crippen LogP contribution < -0.4 is 14.8 Å². The molecule has 10 heteroatoms. The predicted octanol–water partition coefficient (Wildman–Crippen LogP) is 4.90. The van der Waals surface area contributed by atoms with Crippen LogP contribution in [0.15, 0.2) is 54.0 Å². The summed E-state index contributed by atoms with van der Waals surface area (Å²) in [4.78, 5) is 17.2. The molecule has 0 aliphatic carbocycles. The lowest BCUT2D eigenvalue weighted by Crippen LogP contribution is -2.30. The van der Waals surface area contributed by atoms with Gasteiger partial charge in [-0.1, -0.05) is 23.7 Å². The summed E-state index contributed by atoms with van der Waals surface area (Å²) in [6, 6.07) is 9.09. The first-order valence-corrected chi connectivity index (χ1v) is 11.0. The van der Waals surface area contributed by atoms with E-state index in [4.69, 9.17) is 25.8 Å². The van der Waals surface area contributed by atoms with E-state index in [0.29, 0.717) is 34.3 Å². The Labute approximate surface area is 201 Å². The van der Waals surface area contributed by atoms with Crippen molar-refractivity contribution in [2.24, 2.45) is 0 Å². The van der Waals surface area contributed by atoms with Crippen molar-refractivity contribution in [3.63, 3.8) is 0 Å². The van der Waals surface area contributed by atoms with E-state index < -0.39 is 17.8 Å². The predicted molar refractivity (Wildman–Crippen MR) is 124 cm³/mol. The summed E-state index contributed by atoms with van der Waals surface area (Å²) in [5.74, 6) is 0.381. The Bertz CT molecular complexity index is 1240. The van der Waals surface area contributed by atoms with E-state index in [0.717, 1.165) is 0 Å². The van der Waals surface area contributed by atoms with Crippen LogP contribution in [0.1, 0.15) is 37.9 Å². The summed E-state index contributed by atoms with van der Waals surface area (Å²) in [7, 11) is 1.50. The number of methoxy groups -OCH3 is 1. The molecule has 0 saturated heterocycles. The number of esters is 1. The fourth-order valence-corrected chi connectivity index (χ4v) is 3.95. The molecule has 0 fully saturated rings. The standard InChI is InChI=1S/C24H24ClFN4O4/c1-13(2)34-23(31)21-14(3)29-24-27-12-28-30(24)22(21)15-8-9-19(20(10-15)32-4)33-11-16-17(25)6-5-7-18(16)26/h5-10,12-13,22H,11H2,1-4H3,(H,27,28,29). The van der Waals surface area contributed by atoms with E-state index in [9.17, 15) is 9.18 Å². The number of benzene rings is 2. The molecule has 0 amide bonds. The van der Waals surface area contributed by atoms with Crippen molar-refractivity contribution in [3.8, 4) is 11.5 Å². The van der Waals surface area contributed by atoms with Gasteiger partial charge in [-0.15, -0.1) is 0 Å². The lowest BCUT2D eigenvalue weighted by molar-refractivity contribution is -0.143. The molecule has 1 aromatic heterocycles. The maximum absolute atomic E-state index is 14.1. The molecule has 1 aliphatic heterocycles. The number of ether oxygens (including phenoxy) is 3. The van der Waals surface area contributed by atoms with Crippen molar-refractivity contribution in [2.45, 2.75) is 39.5 Å². The van der Waals surface area contributed by atoms with Gasteiger partial charge < -0.3 is 19.5 Å². The maximum Gasteiger partial charge on any atom is 0.338 e. The fourth-order valence-electron chi connectivity index (χ4n) is 3.73. The minimum Gasteiger partial charge on any atom is -0.493 e. The second-order valence-corrected chi connectivity index (χ2v) is 8.35. The highest BCUT2D eigenvalue weighted by Gasteiger charge is 2.35. The Morgan fingerprint density at radius 2 is 2.06 bits per heavy atom. The molecule has 0 bridgehead atoms. The molecule has 8 nitrogen and oxygen atoms in total. The van der Waals surface area contributed by atoms with Crippen LogP contribution in [-0.2, 0) is 16.1 Å². The molecule has 0 spiro atoms. The third kappa shape index (κ3) is 4.56. The van der Waals surface area contributed by atoms with Crippen LogP contribution >= 0.6 is 11.6 Å². The summed E-state index contributed by atoms with van der Waals surface area (Å²) in [5.41, 5.74) is 1.97. The lowest BCUT2D eigenvalue weighted by atomic mass is 9.95. The minimum absolute atomic E-state index is 0.0766. The summed E-state index contributed by atoms with van der Waals surface area (Å²) < 4.78 is 32.6. The third-order valence-corrected chi connectivity index (χ3v) is 5.65. The molecule has 3 aromatic rings. The topological polar surface area (TPSA) is 87.5 Å². The van der Waals surface area contributed by atoms with Crippen LogP contribution in [0, 0.1) is 5.82 Å². The Hall–Kier alpha value is -3.59. The van der Waals surface area contributed by atoms with Gasteiger partial charge >= 0.3 is 5.97 Å². The van der Waals surface area contributed by atoms with Gasteiger partial charge in [0, 0.05) is 11.3 Å². The molecule has 1 N–H and O–H groups in total. The van der Waals surface area contributed by atoms with Gasteiger partial charge in [0.15, 0.2) is 11.5 Å². The highest BCUT2D eigenvalue weighted by molar-refractivity contribution is 6.31. The molecular formula is C24H24ClFN4O4. The molecule has 4 rings (SSSR count). The van der Waals surface area contributed by atoms with Crippen molar-refractivity contribution in [1.82, 2.24) is 14.8 Å². The van der Waals surface area contributed by atoms with Crippen molar-refractivity contribution in [2.75, 3.05) is 12.4 Å². The number of anilines is 1. The van der Waals surface area contributed by atoms with E-state index in [1.165, 1.54) is 25.6 Å². The van der Waals surface area contributed by atoms with E-state index in [2.05, 4.69) is 15.4 Å². The normalized spacial score (nSPS) is 15.1. The molecule has 1 unspecified atom stereocenters. The number of rotatable bonds is 7. The number of hydrogen-bond donors (Lipinski definition) is 1. The van der Waals surface area contributed by atoms with Crippen LogP contribution in [0.4, 0.5) is 10.3 Å². The smallest absolute Gasteiger partial charge is 0.338 e. The molecule has 0 radical (unpaired) electrons. The summed E-state index contributed by atoms with van der Waals surface area (Å²) in [5, 5.41) is 7.68. The first kappa shape index (κ1) is 23.6.